The third-order valence-electron chi connectivity index (χ3n) is 6.95. The van der Waals surface area contributed by atoms with Crippen LogP contribution in [0.3, 0.4) is 0 Å². The van der Waals surface area contributed by atoms with Crippen LogP contribution in [0.15, 0.2) is 29.1 Å². The Labute approximate surface area is 195 Å². The molecule has 176 valence electrons. The van der Waals surface area contributed by atoms with E-state index in [1.54, 1.807) is 0 Å². The second-order valence-electron chi connectivity index (χ2n) is 9.00. The normalized spacial score (nSPS) is 14.9. The minimum Gasteiger partial charge on any atom is -0.340 e. The van der Waals surface area contributed by atoms with Crippen LogP contribution in [0.1, 0.15) is 42.7 Å². The lowest BCUT2D eigenvalue weighted by Crippen LogP contribution is -2.48. The number of hydrogen-bond acceptors (Lipinski definition) is 4. The standard InChI is InChI=1S/C26H35N5O2/c1-6-28-13-15-29(16-14-28)23(32)12-11-22-19(4)24-20(5)27-31(21-10-8-9-18(3)17-21)25(24)30(7-2)26(22)33/h8-10,17H,6-7,11-16H2,1-5H3. The van der Waals surface area contributed by atoms with Crippen LogP contribution in [0.25, 0.3) is 16.7 Å². The van der Waals surface area contributed by atoms with Crippen LogP contribution in [0.2, 0.25) is 0 Å². The summed E-state index contributed by atoms with van der Waals surface area (Å²) in [6, 6.07) is 8.16. The van der Waals surface area contributed by atoms with Crippen LogP contribution < -0.4 is 5.56 Å². The first-order valence-electron chi connectivity index (χ1n) is 12.0. The fourth-order valence-electron chi connectivity index (χ4n) is 5.00. The number of amides is 1. The van der Waals surface area contributed by atoms with Crippen molar-refractivity contribution in [2.75, 3.05) is 32.7 Å². The first-order valence-corrected chi connectivity index (χ1v) is 12.0. The van der Waals surface area contributed by atoms with Crippen molar-refractivity contribution in [1.29, 1.82) is 0 Å². The predicted octanol–water partition coefficient (Wildman–Crippen LogP) is 3.23. The lowest BCUT2D eigenvalue weighted by molar-refractivity contribution is -0.132. The third kappa shape index (κ3) is 4.34. The Hall–Kier alpha value is -2.93. The minimum atomic E-state index is -0.0140. The van der Waals surface area contributed by atoms with Crippen molar-refractivity contribution < 1.29 is 4.79 Å². The van der Waals surface area contributed by atoms with E-state index in [4.69, 9.17) is 5.10 Å². The number of pyridine rings is 1. The van der Waals surface area contributed by atoms with Crippen LogP contribution in [0.4, 0.5) is 0 Å². The molecule has 7 heteroatoms. The summed E-state index contributed by atoms with van der Waals surface area (Å²) < 4.78 is 3.70. The summed E-state index contributed by atoms with van der Waals surface area (Å²) in [5, 5.41) is 5.82. The Morgan fingerprint density at radius 1 is 1.03 bits per heavy atom. The van der Waals surface area contributed by atoms with Crippen molar-refractivity contribution in [3.8, 4) is 5.69 Å². The van der Waals surface area contributed by atoms with Gasteiger partial charge in [0, 0.05) is 50.1 Å². The molecule has 0 saturated carbocycles. The summed E-state index contributed by atoms with van der Waals surface area (Å²) >= 11 is 0. The molecule has 7 nitrogen and oxygen atoms in total. The molecule has 0 atom stereocenters. The average molecular weight is 450 g/mol. The molecular weight excluding hydrogens is 414 g/mol. The van der Waals surface area contributed by atoms with Gasteiger partial charge in [-0.25, -0.2) is 4.68 Å². The molecule has 0 aliphatic carbocycles. The number of rotatable bonds is 6. The zero-order chi connectivity index (χ0) is 23.7. The van der Waals surface area contributed by atoms with Gasteiger partial charge >= 0.3 is 0 Å². The first-order chi connectivity index (χ1) is 15.8. The van der Waals surface area contributed by atoms with Gasteiger partial charge in [0.1, 0.15) is 5.65 Å². The average Bonchev–Trinajstić information content (AvgIpc) is 3.16. The van der Waals surface area contributed by atoms with Crippen LogP contribution in [0.5, 0.6) is 0 Å². The number of hydrogen-bond donors (Lipinski definition) is 0. The molecule has 1 aliphatic rings. The van der Waals surface area contributed by atoms with Crippen molar-refractivity contribution in [1.82, 2.24) is 24.1 Å². The molecule has 3 aromatic rings. The van der Waals surface area contributed by atoms with E-state index in [-0.39, 0.29) is 11.5 Å². The van der Waals surface area contributed by atoms with Gasteiger partial charge in [-0.15, -0.1) is 0 Å². The number of likely N-dealkylation sites (N-methyl/N-ethyl adjacent to an activating group) is 1. The van der Waals surface area contributed by atoms with Gasteiger partial charge in [-0.05, 0) is 63.9 Å². The number of carbonyl (C=O) groups excluding carboxylic acids is 1. The highest BCUT2D eigenvalue weighted by atomic mass is 16.2. The van der Waals surface area contributed by atoms with E-state index in [0.717, 1.165) is 71.8 Å². The molecule has 3 heterocycles. The summed E-state index contributed by atoms with van der Waals surface area (Å²) in [6.45, 7) is 15.1. The number of aromatic nitrogens is 3. The Bertz CT molecular complexity index is 1230. The van der Waals surface area contributed by atoms with Crippen LogP contribution >= 0.6 is 0 Å². The van der Waals surface area contributed by atoms with Gasteiger partial charge < -0.3 is 9.80 Å². The highest BCUT2D eigenvalue weighted by Gasteiger charge is 2.23. The molecule has 0 radical (unpaired) electrons. The summed E-state index contributed by atoms with van der Waals surface area (Å²) in [5.41, 5.74) is 5.48. The molecule has 1 fully saturated rings. The Kier molecular flexibility index (Phi) is 6.70. The van der Waals surface area contributed by atoms with Gasteiger partial charge in [0.25, 0.3) is 5.56 Å². The Balaban J connectivity index is 1.69. The Morgan fingerprint density at radius 3 is 2.39 bits per heavy atom. The summed E-state index contributed by atoms with van der Waals surface area (Å²) in [5.74, 6) is 0.139. The van der Waals surface area contributed by atoms with Crippen LogP contribution in [0, 0.1) is 20.8 Å². The zero-order valence-corrected chi connectivity index (χ0v) is 20.5. The lowest BCUT2D eigenvalue weighted by Gasteiger charge is -2.34. The predicted molar refractivity (Wildman–Crippen MR) is 132 cm³/mol. The van der Waals surface area contributed by atoms with Crippen molar-refractivity contribution in [3.05, 3.63) is 57.0 Å². The van der Waals surface area contributed by atoms with E-state index in [1.807, 2.05) is 47.1 Å². The fraction of sp³-hybridized carbons (Fsp3) is 0.500. The van der Waals surface area contributed by atoms with Crippen molar-refractivity contribution in [3.63, 3.8) is 0 Å². The highest BCUT2D eigenvalue weighted by molar-refractivity contribution is 5.85. The molecule has 4 rings (SSSR count). The molecule has 0 N–H and O–H groups in total. The van der Waals surface area contributed by atoms with Gasteiger partial charge in [0.05, 0.1) is 11.4 Å². The van der Waals surface area contributed by atoms with Gasteiger partial charge in [-0.3, -0.25) is 14.2 Å². The quantitative estimate of drug-likeness (QED) is 0.580. The number of piperazine rings is 1. The maximum absolute atomic E-state index is 13.6. The first kappa shape index (κ1) is 23.2. The molecule has 2 aromatic heterocycles. The van der Waals surface area contributed by atoms with E-state index >= 15 is 0 Å². The van der Waals surface area contributed by atoms with Crippen molar-refractivity contribution >= 4 is 16.9 Å². The van der Waals surface area contributed by atoms with E-state index in [2.05, 4.69) is 30.9 Å². The molecule has 0 spiro atoms. The van der Waals surface area contributed by atoms with Gasteiger partial charge in [-0.2, -0.15) is 5.10 Å². The number of nitrogens with zero attached hydrogens (tertiary/aromatic N) is 5. The van der Waals surface area contributed by atoms with Gasteiger partial charge in [0.2, 0.25) is 5.91 Å². The topological polar surface area (TPSA) is 63.4 Å². The van der Waals surface area contributed by atoms with Crippen LogP contribution in [-0.4, -0.2) is 62.8 Å². The molecule has 1 amide bonds. The zero-order valence-electron chi connectivity index (χ0n) is 20.5. The molecular formula is C26H35N5O2. The largest absolute Gasteiger partial charge is 0.340 e. The number of carbonyl (C=O) groups is 1. The molecule has 33 heavy (non-hydrogen) atoms. The lowest BCUT2D eigenvalue weighted by atomic mass is 10.0. The second-order valence-corrected chi connectivity index (χ2v) is 9.00. The maximum Gasteiger partial charge on any atom is 0.255 e. The fourth-order valence-corrected chi connectivity index (χ4v) is 5.00. The van der Waals surface area contributed by atoms with E-state index in [0.29, 0.717) is 19.4 Å². The van der Waals surface area contributed by atoms with E-state index in [9.17, 15) is 9.59 Å². The van der Waals surface area contributed by atoms with Crippen LogP contribution in [-0.2, 0) is 17.8 Å². The minimum absolute atomic E-state index is 0.0140. The molecule has 0 unspecified atom stereocenters. The van der Waals surface area contributed by atoms with E-state index < -0.39 is 0 Å². The second kappa shape index (κ2) is 9.51. The monoisotopic (exact) mass is 449 g/mol. The molecule has 0 bridgehead atoms. The SMILES string of the molecule is CCN1CCN(C(=O)CCc2c(C)c3c(C)nn(-c4cccc(C)c4)c3n(CC)c2=O)CC1. The van der Waals surface area contributed by atoms with Gasteiger partial charge in [0.15, 0.2) is 0 Å². The number of aryl methyl sites for hydroxylation is 4. The van der Waals surface area contributed by atoms with E-state index in [1.165, 1.54) is 0 Å². The molecule has 1 saturated heterocycles. The smallest absolute Gasteiger partial charge is 0.255 e. The molecule has 1 aromatic carbocycles. The van der Waals surface area contributed by atoms with Gasteiger partial charge in [-0.1, -0.05) is 19.1 Å². The molecule has 1 aliphatic heterocycles. The maximum atomic E-state index is 13.6. The third-order valence-corrected chi connectivity index (χ3v) is 6.95. The Morgan fingerprint density at radius 2 is 1.76 bits per heavy atom. The number of benzene rings is 1. The summed E-state index contributed by atoms with van der Waals surface area (Å²) in [7, 11) is 0. The van der Waals surface area contributed by atoms with Crippen molar-refractivity contribution in [2.45, 2.75) is 54.0 Å². The summed E-state index contributed by atoms with van der Waals surface area (Å²) in [6.07, 6.45) is 0.824. The number of fused-ring (bicyclic) bond motifs is 1. The van der Waals surface area contributed by atoms with Crippen molar-refractivity contribution in [2.24, 2.45) is 0 Å². The summed E-state index contributed by atoms with van der Waals surface area (Å²) in [4.78, 5) is 30.7. The highest BCUT2D eigenvalue weighted by Crippen LogP contribution is 2.26.